The molecule has 0 spiro atoms. The number of ether oxygens (including phenoxy) is 1. The highest BCUT2D eigenvalue weighted by atomic mass is 79.9. The Bertz CT molecular complexity index is 408. The number of aliphatic hydroxyl groups excluding tert-OH is 1. The van der Waals surface area contributed by atoms with E-state index in [1.807, 2.05) is 18.2 Å². The van der Waals surface area contributed by atoms with Gasteiger partial charge in [-0.15, -0.1) is 0 Å². The van der Waals surface area contributed by atoms with E-state index in [1.54, 1.807) is 0 Å². The van der Waals surface area contributed by atoms with Crippen LogP contribution in [0.5, 0.6) is 5.75 Å². The summed E-state index contributed by atoms with van der Waals surface area (Å²) in [6, 6.07) is 6.31. The van der Waals surface area contributed by atoms with Crippen molar-refractivity contribution in [2.75, 3.05) is 13.2 Å². The van der Waals surface area contributed by atoms with E-state index in [2.05, 4.69) is 37.2 Å². The van der Waals surface area contributed by atoms with Gasteiger partial charge in [-0.2, -0.15) is 0 Å². The second-order valence-corrected chi connectivity index (χ2v) is 6.70. The maximum absolute atomic E-state index is 9.90. The van der Waals surface area contributed by atoms with Crippen LogP contribution in [0.3, 0.4) is 0 Å². The topological polar surface area (TPSA) is 41.5 Å². The van der Waals surface area contributed by atoms with E-state index >= 15 is 0 Å². The molecule has 0 saturated heterocycles. The van der Waals surface area contributed by atoms with Crippen molar-refractivity contribution in [1.82, 2.24) is 5.32 Å². The predicted octanol–water partition coefficient (Wildman–Crippen LogP) is 3.48. The molecule has 0 amide bonds. The lowest BCUT2D eigenvalue weighted by molar-refractivity contribution is 0.103. The summed E-state index contributed by atoms with van der Waals surface area (Å²) in [4.78, 5) is 0. The molecule has 1 aliphatic carbocycles. The summed E-state index contributed by atoms with van der Waals surface area (Å²) in [5.41, 5.74) is 0. The van der Waals surface area contributed by atoms with Gasteiger partial charge in [0.1, 0.15) is 18.5 Å². The van der Waals surface area contributed by atoms with Gasteiger partial charge in [0.05, 0.1) is 4.47 Å². The molecule has 2 N–H and O–H groups in total. The molecule has 0 bridgehead atoms. The first-order chi connectivity index (χ1) is 9.15. The summed E-state index contributed by atoms with van der Waals surface area (Å²) >= 11 is 6.83. The van der Waals surface area contributed by atoms with E-state index in [4.69, 9.17) is 4.74 Å². The van der Waals surface area contributed by atoms with E-state index in [-0.39, 0.29) is 0 Å². The zero-order chi connectivity index (χ0) is 13.7. The molecule has 2 rings (SSSR count). The predicted molar refractivity (Wildman–Crippen MR) is 83.6 cm³/mol. The third-order valence-electron chi connectivity index (χ3n) is 3.32. The normalized spacial score (nSPS) is 17.6. The Morgan fingerprint density at radius 3 is 2.74 bits per heavy atom. The van der Waals surface area contributed by atoms with Crippen molar-refractivity contribution in [2.45, 2.75) is 37.8 Å². The Morgan fingerprint density at radius 1 is 1.32 bits per heavy atom. The Labute approximate surface area is 131 Å². The van der Waals surface area contributed by atoms with Gasteiger partial charge in [0.25, 0.3) is 0 Å². The lowest BCUT2D eigenvalue weighted by atomic mass is 10.2. The average Bonchev–Trinajstić information content (AvgIpc) is 2.88. The third kappa shape index (κ3) is 5.06. The average molecular weight is 393 g/mol. The van der Waals surface area contributed by atoms with Crippen LogP contribution in [0.25, 0.3) is 0 Å². The van der Waals surface area contributed by atoms with E-state index in [0.29, 0.717) is 19.2 Å². The summed E-state index contributed by atoms with van der Waals surface area (Å²) in [5.74, 6) is 0.753. The van der Waals surface area contributed by atoms with Gasteiger partial charge in [0.15, 0.2) is 0 Å². The smallest absolute Gasteiger partial charge is 0.133 e. The van der Waals surface area contributed by atoms with Crippen LogP contribution in [0, 0.1) is 0 Å². The van der Waals surface area contributed by atoms with E-state index in [0.717, 1.165) is 14.7 Å². The van der Waals surface area contributed by atoms with Crippen molar-refractivity contribution in [3.63, 3.8) is 0 Å². The lowest BCUT2D eigenvalue weighted by Gasteiger charge is -2.17. The maximum atomic E-state index is 9.90. The molecule has 1 saturated carbocycles. The minimum Gasteiger partial charge on any atom is -0.490 e. The fraction of sp³-hybridized carbons (Fsp3) is 0.571. The molecule has 19 heavy (non-hydrogen) atoms. The molecule has 0 heterocycles. The maximum Gasteiger partial charge on any atom is 0.133 e. The van der Waals surface area contributed by atoms with Gasteiger partial charge in [-0.1, -0.05) is 28.8 Å². The highest BCUT2D eigenvalue weighted by molar-refractivity contribution is 9.11. The molecule has 106 valence electrons. The van der Waals surface area contributed by atoms with E-state index in [9.17, 15) is 5.11 Å². The summed E-state index contributed by atoms with van der Waals surface area (Å²) in [6.07, 6.45) is 4.58. The fourth-order valence-corrected chi connectivity index (χ4v) is 3.43. The number of hydrogen-bond donors (Lipinski definition) is 2. The van der Waals surface area contributed by atoms with Crippen LogP contribution in [0.15, 0.2) is 27.1 Å². The Hall–Kier alpha value is -0.100. The Kier molecular flexibility index (Phi) is 6.13. The number of benzene rings is 1. The van der Waals surface area contributed by atoms with Crippen molar-refractivity contribution in [3.05, 3.63) is 27.1 Å². The zero-order valence-electron chi connectivity index (χ0n) is 10.7. The molecule has 1 aromatic rings. The number of rotatable bonds is 6. The molecule has 1 aromatic carbocycles. The molecule has 0 aromatic heterocycles. The first-order valence-corrected chi connectivity index (χ1v) is 8.23. The molecule has 0 unspecified atom stereocenters. The van der Waals surface area contributed by atoms with E-state index < -0.39 is 6.10 Å². The molecule has 1 aliphatic rings. The van der Waals surface area contributed by atoms with E-state index in [1.165, 1.54) is 25.7 Å². The van der Waals surface area contributed by atoms with Crippen LogP contribution >= 0.6 is 31.9 Å². The van der Waals surface area contributed by atoms with Crippen LogP contribution in [-0.2, 0) is 0 Å². The van der Waals surface area contributed by atoms with Gasteiger partial charge in [-0.3, -0.25) is 0 Å². The fourth-order valence-electron chi connectivity index (χ4n) is 2.27. The summed E-state index contributed by atoms with van der Waals surface area (Å²) in [6.45, 7) is 0.902. The molecule has 1 atom stereocenters. The van der Waals surface area contributed by atoms with Crippen LogP contribution in [0.2, 0.25) is 0 Å². The highest BCUT2D eigenvalue weighted by Gasteiger charge is 2.16. The Morgan fingerprint density at radius 2 is 2.05 bits per heavy atom. The zero-order valence-corrected chi connectivity index (χ0v) is 13.9. The van der Waals surface area contributed by atoms with Crippen LogP contribution < -0.4 is 10.1 Å². The molecule has 0 aliphatic heterocycles. The number of hydrogen-bond acceptors (Lipinski definition) is 3. The second kappa shape index (κ2) is 7.62. The second-order valence-electron chi connectivity index (χ2n) is 4.93. The largest absolute Gasteiger partial charge is 0.490 e. The van der Waals surface area contributed by atoms with Gasteiger partial charge in [-0.05, 0) is 47.0 Å². The first kappa shape index (κ1) is 15.3. The molecule has 1 fully saturated rings. The molecular formula is C14H19Br2NO2. The van der Waals surface area contributed by atoms with Gasteiger partial charge < -0.3 is 15.2 Å². The summed E-state index contributed by atoms with van der Waals surface area (Å²) in [5, 5.41) is 13.3. The Balaban J connectivity index is 1.71. The highest BCUT2D eigenvalue weighted by Crippen LogP contribution is 2.28. The van der Waals surface area contributed by atoms with Gasteiger partial charge in [-0.25, -0.2) is 0 Å². The lowest BCUT2D eigenvalue weighted by Crippen LogP contribution is -2.36. The quantitative estimate of drug-likeness (QED) is 0.778. The van der Waals surface area contributed by atoms with Crippen LogP contribution in [-0.4, -0.2) is 30.4 Å². The van der Waals surface area contributed by atoms with Crippen molar-refractivity contribution >= 4 is 31.9 Å². The van der Waals surface area contributed by atoms with Crippen molar-refractivity contribution in [3.8, 4) is 5.75 Å². The van der Waals surface area contributed by atoms with Crippen molar-refractivity contribution in [1.29, 1.82) is 0 Å². The SMILES string of the molecule is O[C@@H](CNC1CCCC1)COc1ccc(Br)cc1Br. The molecule has 3 nitrogen and oxygen atoms in total. The van der Waals surface area contributed by atoms with Crippen molar-refractivity contribution in [2.24, 2.45) is 0 Å². The third-order valence-corrected chi connectivity index (χ3v) is 4.44. The minimum atomic E-state index is -0.476. The van der Waals surface area contributed by atoms with Gasteiger partial charge in [0.2, 0.25) is 0 Å². The first-order valence-electron chi connectivity index (χ1n) is 6.64. The van der Waals surface area contributed by atoms with Crippen LogP contribution in [0.4, 0.5) is 0 Å². The van der Waals surface area contributed by atoms with Gasteiger partial charge >= 0.3 is 0 Å². The molecular weight excluding hydrogens is 374 g/mol. The number of nitrogens with one attached hydrogen (secondary N) is 1. The standard InChI is InChI=1S/C14H19Br2NO2/c15-10-5-6-14(13(16)7-10)19-9-12(18)8-17-11-3-1-2-4-11/h5-7,11-12,17-18H,1-4,8-9H2/t12-/m0/s1. The number of halogens is 2. The minimum absolute atomic E-state index is 0.306. The number of aliphatic hydroxyl groups is 1. The van der Waals surface area contributed by atoms with Crippen molar-refractivity contribution < 1.29 is 9.84 Å². The molecule has 0 radical (unpaired) electrons. The van der Waals surface area contributed by atoms with Crippen LogP contribution in [0.1, 0.15) is 25.7 Å². The summed E-state index contributed by atoms with van der Waals surface area (Å²) in [7, 11) is 0. The van der Waals surface area contributed by atoms with Gasteiger partial charge in [0, 0.05) is 17.1 Å². The summed E-state index contributed by atoms with van der Waals surface area (Å²) < 4.78 is 7.49. The monoisotopic (exact) mass is 391 g/mol. The molecule has 5 heteroatoms.